The molecule has 7 nitrogen and oxygen atoms in total. The van der Waals surface area contributed by atoms with Crippen LogP contribution in [0.3, 0.4) is 0 Å². The van der Waals surface area contributed by atoms with Gasteiger partial charge >= 0.3 is 5.82 Å². The number of carbonyl (C=O) groups is 1. The van der Waals surface area contributed by atoms with Crippen LogP contribution in [0.5, 0.6) is 0 Å². The third kappa shape index (κ3) is 3.56. The smallest absolute Gasteiger partial charge is 0.321 e. The van der Waals surface area contributed by atoms with Crippen LogP contribution in [0.4, 0.5) is 5.82 Å². The number of amides is 1. The predicted octanol–water partition coefficient (Wildman–Crippen LogP) is 1.16. The van der Waals surface area contributed by atoms with Crippen molar-refractivity contribution < 1.29 is 14.8 Å². The van der Waals surface area contributed by atoms with E-state index in [-0.39, 0.29) is 24.0 Å². The predicted molar refractivity (Wildman–Crippen MR) is 65.3 cm³/mol. The Morgan fingerprint density at radius 3 is 2.56 bits per heavy atom. The molecule has 0 fully saturated rings. The second kappa shape index (κ2) is 5.18. The fourth-order valence-corrected chi connectivity index (χ4v) is 1.58. The number of nitrogens with one attached hydrogen (secondary N) is 1. The molecule has 0 aliphatic heterocycles. The molecule has 0 saturated heterocycles. The number of carbonyl (C=O) groups excluding carboxylic acids is 1. The summed E-state index contributed by atoms with van der Waals surface area (Å²) in [6.45, 7) is 5.55. The molecule has 0 radical (unpaired) electrons. The molecule has 18 heavy (non-hydrogen) atoms. The number of hydrogen-bond acceptors (Lipinski definition) is 4. The van der Waals surface area contributed by atoms with E-state index < -0.39 is 10.5 Å². The lowest BCUT2D eigenvalue weighted by Crippen LogP contribution is -2.42. The first-order chi connectivity index (χ1) is 8.24. The highest BCUT2D eigenvalue weighted by molar-refractivity contribution is 5.92. The maximum absolute atomic E-state index is 12.1. The largest absolute Gasteiger partial charge is 0.389 e. The number of aromatic nitrogens is 1. The van der Waals surface area contributed by atoms with Gasteiger partial charge in [-0.05, 0) is 31.8 Å². The molecule has 0 bridgehead atoms. The zero-order valence-corrected chi connectivity index (χ0v) is 10.6. The lowest BCUT2D eigenvalue weighted by molar-refractivity contribution is -0.389. The first-order valence-electron chi connectivity index (χ1n) is 5.59. The molecule has 100 valence electrons. The van der Waals surface area contributed by atoms with Crippen LogP contribution < -0.4 is 0 Å². The Morgan fingerprint density at radius 1 is 1.56 bits per heavy atom. The van der Waals surface area contributed by atoms with Crippen LogP contribution in [0.15, 0.2) is 12.1 Å². The topological polar surface area (TPSA) is 99.5 Å². The first-order valence-corrected chi connectivity index (χ1v) is 5.59. The summed E-state index contributed by atoms with van der Waals surface area (Å²) in [4.78, 5) is 25.8. The monoisotopic (exact) mass is 255 g/mol. The third-order valence-electron chi connectivity index (χ3n) is 2.34. The Morgan fingerprint density at radius 2 is 2.17 bits per heavy atom. The van der Waals surface area contributed by atoms with Gasteiger partial charge < -0.3 is 20.1 Å². The number of nitro groups is 1. The Bertz CT molecular complexity index is 447. The van der Waals surface area contributed by atoms with Gasteiger partial charge in [0, 0.05) is 19.2 Å². The highest BCUT2D eigenvalue weighted by Gasteiger charge is 2.25. The average Bonchev–Trinajstić information content (AvgIpc) is 2.72. The van der Waals surface area contributed by atoms with Crippen LogP contribution in [-0.4, -0.2) is 44.5 Å². The highest BCUT2D eigenvalue weighted by Crippen LogP contribution is 2.13. The first kappa shape index (κ1) is 14.2. The second-order valence-electron chi connectivity index (χ2n) is 4.65. The number of rotatable bonds is 5. The molecule has 0 spiro atoms. The van der Waals surface area contributed by atoms with Gasteiger partial charge in [-0.1, -0.05) is 0 Å². The number of nitrogens with zero attached hydrogens (tertiary/aromatic N) is 2. The van der Waals surface area contributed by atoms with Crippen molar-refractivity contribution in [3.8, 4) is 0 Å². The van der Waals surface area contributed by atoms with Crippen LogP contribution >= 0.6 is 0 Å². The molecule has 0 aromatic carbocycles. The fraction of sp³-hybridized carbons (Fsp3) is 0.545. The fourth-order valence-electron chi connectivity index (χ4n) is 1.58. The molecule has 7 heteroatoms. The van der Waals surface area contributed by atoms with E-state index in [1.165, 1.54) is 17.0 Å². The minimum Gasteiger partial charge on any atom is -0.389 e. The number of H-pyrrole nitrogens is 1. The van der Waals surface area contributed by atoms with Crippen LogP contribution in [0.25, 0.3) is 0 Å². The molecule has 0 aliphatic rings. The SMILES string of the molecule is CCN(CC(C)(C)O)C(=O)c1ccc([N+](=O)[O-])[nH]1. The molecule has 2 N–H and O–H groups in total. The number of likely N-dealkylation sites (N-methyl/N-ethyl adjacent to an activating group) is 1. The Balaban J connectivity index is 2.86. The summed E-state index contributed by atoms with van der Waals surface area (Å²) in [6, 6.07) is 2.61. The van der Waals surface area contributed by atoms with Crippen molar-refractivity contribution in [1.82, 2.24) is 9.88 Å². The maximum atomic E-state index is 12.1. The lowest BCUT2D eigenvalue weighted by Gasteiger charge is -2.27. The molecule has 1 rings (SSSR count). The molecular weight excluding hydrogens is 238 g/mol. The number of aromatic amines is 1. The zero-order valence-electron chi connectivity index (χ0n) is 10.6. The van der Waals surface area contributed by atoms with Gasteiger partial charge in [0.25, 0.3) is 5.91 Å². The summed E-state index contributed by atoms with van der Waals surface area (Å²) in [7, 11) is 0. The van der Waals surface area contributed by atoms with Crippen LogP contribution in [0.2, 0.25) is 0 Å². The van der Waals surface area contributed by atoms with E-state index >= 15 is 0 Å². The van der Waals surface area contributed by atoms with E-state index in [1.54, 1.807) is 20.8 Å². The van der Waals surface area contributed by atoms with Crippen molar-refractivity contribution in [1.29, 1.82) is 0 Å². The molecule has 0 atom stereocenters. The molecular formula is C11H17N3O4. The molecule has 1 heterocycles. The normalized spacial score (nSPS) is 11.3. The van der Waals surface area contributed by atoms with Gasteiger partial charge in [-0.25, -0.2) is 4.98 Å². The molecule has 1 aromatic heterocycles. The van der Waals surface area contributed by atoms with E-state index in [1.807, 2.05) is 0 Å². The quantitative estimate of drug-likeness (QED) is 0.609. The lowest BCUT2D eigenvalue weighted by atomic mass is 10.1. The van der Waals surface area contributed by atoms with Crippen LogP contribution in [-0.2, 0) is 0 Å². The van der Waals surface area contributed by atoms with Gasteiger partial charge in [0.1, 0.15) is 0 Å². The van der Waals surface area contributed by atoms with Gasteiger partial charge in [0.05, 0.1) is 5.60 Å². The van der Waals surface area contributed by atoms with Crippen LogP contribution in [0, 0.1) is 10.1 Å². The summed E-state index contributed by atoms with van der Waals surface area (Å²) in [5, 5.41) is 20.2. The van der Waals surface area contributed by atoms with Gasteiger partial charge in [0.15, 0.2) is 5.69 Å². The maximum Gasteiger partial charge on any atom is 0.321 e. The van der Waals surface area contributed by atoms with Gasteiger partial charge in [-0.3, -0.25) is 4.79 Å². The summed E-state index contributed by atoms with van der Waals surface area (Å²) >= 11 is 0. The highest BCUT2D eigenvalue weighted by atomic mass is 16.6. The Labute approximate surface area is 105 Å². The van der Waals surface area contributed by atoms with E-state index in [9.17, 15) is 20.0 Å². The molecule has 0 saturated carbocycles. The van der Waals surface area contributed by atoms with E-state index in [0.717, 1.165) is 0 Å². The van der Waals surface area contributed by atoms with Crippen molar-refractivity contribution in [2.45, 2.75) is 26.4 Å². The average molecular weight is 255 g/mol. The van der Waals surface area contributed by atoms with Gasteiger partial charge in [-0.2, -0.15) is 0 Å². The molecule has 0 aliphatic carbocycles. The van der Waals surface area contributed by atoms with Crippen molar-refractivity contribution in [3.05, 3.63) is 27.9 Å². The molecule has 1 aromatic rings. The van der Waals surface area contributed by atoms with Crippen molar-refractivity contribution in [3.63, 3.8) is 0 Å². The zero-order chi connectivity index (χ0) is 13.9. The second-order valence-corrected chi connectivity index (χ2v) is 4.65. The molecule has 1 amide bonds. The number of hydrogen-bond donors (Lipinski definition) is 2. The van der Waals surface area contributed by atoms with Crippen LogP contribution in [0.1, 0.15) is 31.3 Å². The minimum atomic E-state index is -1.01. The summed E-state index contributed by atoms with van der Waals surface area (Å²) in [6.07, 6.45) is 0. The minimum absolute atomic E-state index is 0.146. The summed E-state index contributed by atoms with van der Waals surface area (Å²) < 4.78 is 0. The van der Waals surface area contributed by atoms with Gasteiger partial charge in [0.2, 0.25) is 0 Å². The third-order valence-corrected chi connectivity index (χ3v) is 2.34. The van der Waals surface area contributed by atoms with Gasteiger partial charge in [-0.15, -0.1) is 0 Å². The van der Waals surface area contributed by atoms with E-state index in [0.29, 0.717) is 6.54 Å². The van der Waals surface area contributed by atoms with E-state index in [2.05, 4.69) is 4.98 Å². The summed E-state index contributed by atoms with van der Waals surface area (Å²) in [5.41, 5.74) is -0.864. The van der Waals surface area contributed by atoms with Crippen molar-refractivity contribution in [2.75, 3.05) is 13.1 Å². The Hall–Kier alpha value is -1.89. The molecule has 0 unspecified atom stereocenters. The number of aliphatic hydroxyl groups is 1. The van der Waals surface area contributed by atoms with Crippen molar-refractivity contribution >= 4 is 11.7 Å². The van der Waals surface area contributed by atoms with Crippen molar-refractivity contribution in [2.24, 2.45) is 0 Å². The summed E-state index contributed by atoms with van der Waals surface area (Å²) in [5.74, 6) is -0.592. The Kier molecular flexibility index (Phi) is 4.07. The standard InChI is InChI=1S/C11H17N3O4/c1-4-13(7-11(2,3)16)10(15)8-5-6-9(12-8)14(17)18/h5-6,12,16H,4,7H2,1-3H3. The van der Waals surface area contributed by atoms with E-state index in [4.69, 9.17) is 0 Å².